The monoisotopic (exact) mass is 180 g/mol. The molecule has 0 spiro atoms. The van der Waals surface area contributed by atoms with Crippen LogP contribution in [0.15, 0.2) is 24.3 Å². The van der Waals surface area contributed by atoms with Gasteiger partial charge in [-0.15, -0.1) is 0 Å². The average molecular weight is 180 g/mol. The van der Waals surface area contributed by atoms with Gasteiger partial charge in [0.05, 0.1) is 6.61 Å². The number of aryl methyl sites for hydroxylation is 1. The Kier molecular flexibility index (Phi) is 3.93. The molecule has 0 aromatic heterocycles. The van der Waals surface area contributed by atoms with Crippen LogP contribution >= 0.6 is 0 Å². The standard InChI is InChI=1S/C11H16O2/c1-3-9-5-4-6-10(7-9)11(8-12)13-2/h4-7,11-12H,3,8H2,1-2H3. The Morgan fingerprint density at radius 1 is 1.46 bits per heavy atom. The van der Waals surface area contributed by atoms with Crippen molar-refractivity contribution in [2.45, 2.75) is 19.4 Å². The van der Waals surface area contributed by atoms with Gasteiger partial charge in [0, 0.05) is 7.11 Å². The van der Waals surface area contributed by atoms with E-state index in [1.807, 2.05) is 12.1 Å². The number of aliphatic hydroxyl groups excluding tert-OH is 1. The van der Waals surface area contributed by atoms with Crippen LogP contribution in [0.3, 0.4) is 0 Å². The van der Waals surface area contributed by atoms with E-state index in [2.05, 4.69) is 19.1 Å². The maximum absolute atomic E-state index is 9.02. The summed E-state index contributed by atoms with van der Waals surface area (Å²) < 4.78 is 5.14. The van der Waals surface area contributed by atoms with Gasteiger partial charge in [0.1, 0.15) is 6.10 Å². The highest BCUT2D eigenvalue weighted by atomic mass is 16.5. The summed E-state index contributed by atoms with van der Waals surface area (Å²) in [4.78, 5) is 0. The van der Waals surface area contributed by atoms with E-state index in [1.165, 1.54) is 5.56 Å². The maximum atomic E-state index is 9.02. The fraction of sp³-hybridized carbons (Fsp3) is 0.455. The van der Waals surface area contributed by atoms with Crippen LogP contribution in [-0.2, 0) is 11.2 Å². The van der Waals surface area contributed by atoms with Gasteiger partial charge in [-0.25, -0.2) is 0 Å². The summed E-state index contributed by atoms with van der Waals surface area (Å²) in [7, 11) is 1.61. The zero-order chi connectivity index (χ0) is 9.68. The predicted molar refractivity (Wildman–Crippen MR) is 52.7 cm³/mol. The van der Waals surface area contributed by atoms with Crippen LogP contribution in [0, 0.1) is 0 Å². The van der Waals surface area contributed by atoms with Gasteiger partial charge in [-0.2, -0.15) is 0 Å². The minimum atomic E-state index is -0.188. The van der Waals surface area contributed by atoms with E-state index in [4.69, 9.17) is 9.84 Å². The van der Waals surface area contributed by atoms with E-state index in [0.717, 1.165) is 12.0 Å². The Hall–Kier alpha value is -0.860. The molecule has 1 unspecified atom stereocenters. The number of hydrogen-bond donors (Lipinski definition) is 1. The van der Waals surface area contributed by atoms with E-state index in [9.17, 15) is 0 Å². The summed E-state index contributed by atoms with van der Waals surface area (Å²) in [5.41, 5.74) is 2.32. The number of rotatable bonds is 4. The van der Waals surface area contributed by atoms with Gasteiger partial charge in [-0.3, -0.25) is 0 Å². The number of benzene rings is 1. The van der Waals surface area contributed by atoms with Gasteiger partial charge in [-0.05, 0) is 17.5 Å². The van der Waals surface area contributed by atoms with Crippen LogP contribution < -0.4 is 0 Å². The van der Waals surface area contributed by atoms with Gasteiger partial charge >= 0.3 is 0 Å². The average Bonchev–Trinajstić information content (AvgIpc) is 2.20. The molecule has 72 valence electrons. The molecule has 0 radical (unpaired) electrons. The highest BCUT2D eigenvalue weighted by Crippen LogP contribution is 2.17. The first-order valence-corrected chi connectivity index (χ1v) is 4.54. The Morgan fingerprint density at radius 2 is 2.23 bits per heavy atom. The molecule has 0 aliphatic rings. The van der Waals surface area contributed by atoms with E-state index in [-0.39, 0.29) is 12.7 Å². The summed E-state index contributed by atoms with van der Waals surface area (Å²) in [5.74, 6) is 0. The number of hydrogen-bond acceptors (Lipinski definition) is 2. The topological polar surface area (TPSA) is 29.5 Å². The van der Waals surface area contributed by atoms with Crippen molar-refractivity contribution < 1.29 is 9.84 Å². The molecule has 0 heterocycles. The first kappa shape index (κ1) is 10.2. The van der Waals surface area contributed by atoms with Crippen molar-refractivity contribution >= 4 is 0 Å². The molecule has 0 bridgehead atoms. The third-order valence-electron chi connectivity index (χ3n) is 2.18. The molecule has 2 nitrogen and oxygen atoms in total. The van der Waals surface area contributed by atoms with E-state index >= 15 is 0 Å². The zero-order valence-electron chi connectivity index (χ0n) is 8.16. The minimum absolute atomic E-state index is 0.0314. The van der Waals surface area contributed by atoms with E-state index in [0.29, 0.717) is 0 Å². The quantitative estimate of drug-likeness (QED) is 0.767. The molecule has 1 atom stereocenters. The molecule has 0 saturated carbocycles. The summed E-state index contributed by atoms with van der Waals surface area (Å²) >= 11 is 0. The van der Waals surface area contributed by atoms with Crippen LogP contribution in [0.5, 0.6) is 0 Å². The molecule has 0 amide bonds. The number of ether oxygens (including phenoxy) is 1. The van der Waals surface area contributed by atoms with Crippen LogP contribution in [0.4, 0.5) is 0 Å². The highest BCUT2D eigenvalue weighted by molar-refractivity contribution is 5.25. The third-order valence-corrected chi connectivity index (χ3v) is 2.18. The second kappa shape index (κ2) is 5.00. The van der Waals surface area contributed by atoms with Crippen molar-refractivity contribution in [2.24, 2.45) is 0 Å². The SMILES string of the molecule is CCc1cccc(C(CO)OC)c1. The maximum Gasteiger partial charge on any atom is 0.105 e. The van der Waals surface area contributed by atoms with Crippen molar-refractivity contribution in [1.82, 2.24) is 0 Å². The fourth-order valence-electron chi connectivity index (χ4n) is 1.33. The van der Waals surface area contributed by atoms with Crippen LogP contribution in [0.25, 0.3) is 0 Å². The summed E-state index contributed by atoms with van der Waals surface area (Å²) in [6.07, 6.45) is 0.821. The Balaban J connectivity index is 2.86. The summed E-state index contributed by atoms with van der Waals surface area (Å²) in [5, 5.41) is 9.02. The number of methoxy groups -OCH3 is 1. The molecule has 1 aromatic carbocycles. The Labute approximate surface area is 79.2 Å². The normalized spacial score (nSPS) is 12.8. The molecule has 0 saturated heterocycles. The first-order chi connectivity index (χ1) is 6.31. The number of aliphatic hydroxyl groups is 1. The van der Waals surface area contributed by atoms with Gasteiger partial charge in [0.2, 0.25) is 0 Å². The molecule has 1 aromatic rings. The van der Waals surface area contributed by atoms with Gasteiger partial charge in [0.25, 0.3) is 0 Å². The Morgan fingerprint density at radius 3 is 2.77 bits per heavy atom. The Bertz CT molecular complexity index is 254. The second-order valence-electron chi connectivity index (χ2n) is 3.01. The van der Waals surface area contributed by atoms with E-state index in [1.54, 1.807) is 7.11 Å². The summed E-state index contributed by atoms with van der Waals surface area (Å²) in [6.45, 7) is 2.14. The van der Waals surface area contributed by atoms with Crippen LogP contribution in [-0.4, -0.2) is 18.8 Å². The van der Waals surface area contributed by atoms with Crippen molar-refractivity contribution in [1.29, 1.82) is 0 Å². The molecule has 13 heavy (non-hydrogen) atoms. The molecule has 1 rings (SSSR count). The lowest BCUT2D eigenvalue weighted by molar-refractivity contribution is 0.0484. The highest BCUT2D eigenvalue weighted by Gasteiger charge is 2.08. The largest absolute Gasteiger partial charge is 0.393 e. The van der Waals surface area contributed by atoms with Crippen LogP contribution in [0.2, 0.25) is 0 Å². The third kappa shape index (κ3) is 2.54. The molecular formula is C11H16O2. The van der Waals surface area contributed by atoms with Crippen molar-refractivity contribution in [3.63, 3.8) is 0 Å². The second-order valence-corrected chi connectivity index (χ2v) is 3.01. The lowest BCUT2D eigenvalue weighted by Gasteiger charge is -2.13. The van der Waals surface area contributed by atoms with Gasteiger partial charge in [-0.1, -0.05) is 31.2 Å². The van der Waals surface area contributed by atoms with Crippen molar-refractivity contribution in [3.8, 4) is 0 Å². The zero-order valence-corrected chi connectivity index (χ0v) is 8.16. The predicted octanol–water partition coefficient (Wildman–Crippen LogP) is 1.93. The minimum Gasteiger partial charge on any atom is -0.393 e. The first-order valence-electron chi connectivity index (χ1n) is 4.54. The van der Waals surface area contributed by atoms with Crippen molar-refractivity contribution in [3.05, 3.63) is 35.4 Å². The smallest absolute Gasteiger partial charge is 0.105 e. The summed E-state index contributed by atoms with van der Waals surface area (Å²) in [6, 6.07) is 8.12. The van der Waals surface area contributed by atoms with Crippen molar-refractivity contribution in [2.75, 3.05) is 13.7 Å². The van der Waals surface area contributed by atoms with Gasteiger partial charge < -0.3 is 9.84 Å². The lowest BCUT2D eigenvalue weighted by Crippen LogP contribution is -2.06. The van der Waals surface area contributed by atoms with E-state index < -0.39 is 0 Å². The molecule has 0 fully saturated rings. The van der Waals surface area contributed by atoms with Crippen LogP contribution in [0.1, 0.15) is 24.2 Å². The molecule has 2 heteroatoms. The molecule has 1 N–H and O–H groups in total. The molecule has 0 aliphatic carbocycles. The lowest BCUT2D eigenvalue weighted by atomic mass is 10.1. The molecular weight excluding hydrogens is 164 g/mol. The van der Waals surface area contributed by atoms with Gasteiger partial charge in [0.15, 0.2) is 0 Å². The fourth-order valence-corrected chi connectivity index (χ4v) is 1.33. The molecule has 0 aliphatic heterocycles.